The van der Waals surface area contributed by atoms with E-state index in [1.165, 1.54) is 0 Å². The zero-order chi connectivity index (χ0) is 5.70. The smallest absolute Gasteiger partial charge is 0.182 e. The van der Waals surface area contributed by atoms with Crippen molar-refractivity contribution in [3.63, 3.8) is 0 Å². The van der Waals surface area contributed by atoms with E-state index in [9.17, 15) is 0 Å². The second-order valence-corrected chi connectivity index (χ2v) is 1.28. The SMILES string of the molecule is CC=C(Cl)NC#N. The number of halogens is 1. The van der Waals surface area contributed by atoms with Crippen LogP contribution in [-0.2, 0) is 0 Å². The van der Waals surface area contributed by atoms with E-state index >= 15 is 0 Å². The number of nitriles is 1. The second-order valence-electron chi connectivity index (χ2n) is 0.873. The van der Waals surface area contributed by atoms with Crippen molar-refractivity contribution in [1.29, 1.82) is 5.26 Å². The summed E-state index contributed by atoms with van der Waals surface area (Å²) in [5.74, 6) is 0. The summed E-state index contributed by atoms with van der Waals surface area (Å²) in [6.07, 6.45) is 3.27. The third kappa shape index (κ3) is 3.14. The first kappa shape index (κ1) is 6.32. The Morgan fingerprint density at radius 1 is 2.00 bits per heavy atom. The first-order valence-electron chi connectivity index (χ1n) is 1.78. The van der Waals surface area contributed by atoms with Crippen molar-refractivity contribution in [2.24, 2.45) is 0 Å². The Kier molecular flexibility index (Phi) is 3.17. The Morgan fingerprint density at radius 2 is 2.57 bits per heavy atom. The molecule has 0 saturated carbocycles. The fourth-order valence-corrected chi connectivity index (χ4v) is 0.168. The van der Waals surface area contributed by atoms with Gasteiger partial charge in [-0.3, -0.25) is 5.32 Å². The molecule has 7 heavy (non-hydrogen) atoms. The van der Waals surface area contributed by atoms with Crippen molar-refractivity contribution < 1.29 is 0 Å². The average molecular weight is 117 g/mol. The molecule has 38 valence electrons. The molecule has 0 rings (SSSR count). The van der Waals surface area contributed by atoms with Crippen LogP contribution in [0, 0.1) is 11.5 Å². The van der Waals surface area contributed by atoms with Crippen LogP contribution in [-0.4, -0.2) is 0 Å². The van der Waals surface area contributed by atoms with E-state index < -0.39 is 0 Å². The van der Waals surface area contributed by atoms with Gasteiger partial charge >= 0.3 is 0 Å². The predicted molar refractivity (Wildman–Crippen MR) is 28.4 cm³/mol. The molecule has 0 spiro atoms. The lowest BCUT2D eigenvalue weighted by Gasteiger charge is -1.84. The summed E-state index contributed by atoms with van der Waals surface area (Å²) in [6.45, 7) is 1.74. The molecule has 0 aliphatic heterocycles. The van der Waals surface area contributed by atoms with E-state index in [2.05, 4.69) is 5.32 Å². The van der Waals surface area contributed by atoms with Gasteiger partial charge in [-0.2, -0.15) is 5.26 Å². The monoisotopic (exact) mass is 116 g/mol. The summed E-state index contributed by atoms with van der Waals surface area (Å²) in [7, 11) is 0. The molecule has 1 N–H and O–H groups in total. The summed E-state index contributed by atoms with van der Waals surface area (Å²) in [5, 5.41) is 10.5. The molecule has 0 amide bonds. The molecule has 0 radical (unpaired) electrons. The maximum atomic E-state index is 7.88. The van der Waals surface area contributed by atoms with Crippen LogP contribution in [0.1, 0.15) is 6.92 Å². The molecule has 0 saturated heterocycles. The fourth-order valence-electron chi connectivity index (χ4n) is 0.126. The van der Waals surface area contributed by atoms with E-state index in [-0.39, 0.29) is 0 Å². The Labute approximate surface area is 47.4 Å². The highest BCUT2D eigenvalue weighted by Gasteiger charge is 1.78. The first-order chi connectivity index (χ1) is 3.31. The molecule has 0 aromatic carbocycles. The minimum Gasteiger partial charge on any atom is -0.283 e. The van der Waals surface area contributed by atoms with E-state index in [1.54, 1.807) is 19.2 Å². The summed E-state index contributed by atoms with van der Waals surface area (Å²) in [5.41, 5.74) is 0. The Morgan fingerprint density at radius 3 is 2.71 bits per heavy atom. The van der Waals surface area contributed by atoms with Gasteiger partial charge < -0.3 is 0 Å². The standard InChI is InChI=1S/C4H5ClN2/c1-2-4(5)7-3-6/h2,7H,1H3. The molecule has 0 heterocycles. The quantitative estimate of drug-likeness (QED) is 0.317. The summed E-state index contributed by atoms with van der Waals surface area (Å²) < 4.78 is 0. The van der Waals surface area contributed by atoms with Gasteiger partial charge in [-0.15, -0.1) is 0 Å². The van der Waals surface area contributed by atoms with Crippen LogP contribution in [0.25, 0.3) is 0 Å². The topological polar surface area (TPSA) is 35.8 Å². The van der Waals surface area contributed by atoms with Crippen molar-refractivity contribution in [3.05, 3.63) is 11.2 Å². The van der Waals surface area contributed by atoms with Gasteiger partial charge in [0, 0.05) is 0 Å². The van der Waals surface area contributed by atoms with Crippen LogP contribution in [0.3, 0.4) is 0 Å². The maximum Gasteiger partial charge on any atom is 0.182 e. The second kappa shape index (κ2) is 3.51. The van der Waals surface area contributed by atoms with Crippen molar-refractivity contribution >= 4 is 11.6 Å². The average Bonchev–Trinajstić information content (AvgIpc) is 1.68. The molecular weight excluding hydrogens is 112 g/mol. The van der Waals surface area contributed by atoms with Gasteiger partial charge in [-0.05, 0) is 6.92 Å². The van der Waals surface area contributed by atoms with E-state index in [1.807, 2.05) is 0 Å². The molecule has 0 unspecified atom stereocenters. The number of hydrogen-bond donors (Lipinski definition) is 1. The number of nitrogens with one attached hydrogen (secondary N) is 1. The Balaban J connectivity index is 3.43. The number of rotatable bonds is 1. The molecule has 0 fully saturated rings. The molecule has 0 aromatic heterocycles. The highest BCUT2D eigenvalue weighted by atomic mass is 35.5. The molecule has 2 nitrogen and oxygen atoms in total. The minimum atomic E-state index is 0.363. The minimum absolute atomic E-state index is 0.363. The van der Waals surface area contributed by atoms with Crippen LogP contribution in [0.5, 0.6) is 0 Å². The molecular formula is C4H5ClN2. The van der Waals surface area contributed by atoms with Gasteiger partial charge in [0.25, 0.3) is 0 Å². The third-order valence-electron chi connectivity index (χ3n) is 0.429. The number of allylic oxidation sites excluding steroid dienone is 1. The van der Waals surface area contributed by atoms with Crippen LogP contribution in [0.2, 0.25) is 0 Å². The normalized spacial score (nSPS) is 10.1. The van der Waals surface area contributed by atoms with Crippen molar-refractivity contribution in [1.82, 2.24) is 5.32 Å². The number of nitrogens with zero attached hydrogens (tertiary/aromatic N) is 1. The van der Waals surface area contributed by atoms with Gasteiger partial charge in [-0.1, -0.05) is 17.7 Å². The highest BCUT2D eigenvalue weighted by Crippen LogP contribution is 1.90. The molecule has 0 aromatic rings. The van der Waals surface area contributed by atoms with E-state index in [0.717, 1.165) is 0 Å². The lowest BCUT2D eigenvalue weighted by atomic mass is 10.7. The fraction of sp³-hybridized carbons (Fsp3) is 0.250. The van der Waals surface area contributed by atoms with Crippen molar-refractivity contribution in [2.45, 2.75) is 6.92 Å². The summed E-state index contributed by atoms with van der Waals surface area (Å²) in [4.78, 5) is 0. The highest BCUT2D eigenvalue weighted by molar-refractivity contribution is 6.29. The van der Waals surface area contributed by atoms with Gasteiger partial charge in [0.15, 0.2) is 6.19 Å². The van der Waals surface area contributed by atoms with Gasteiger partial charge in [0.2, 0.25) is 0 Å². The zero-order valence-electron chi connectivity index (χ0n) is 3.90. The lowest BCUT2D eigenvalue weighted by molar-refractivity contribution is 1.16. The zero-order valence-corrected chi connectivity index (χ0v) is 4.66. The van der Waals surface area contributed by atoms with Crippen LogP contribution in [0.4, 0.5) is 0 Å². The molecule has 0 atom stereocenters. The predicted octanol–water partition coefficient (Wildman–Crippen LogP) is 1.16. The molecule has 0 bridgehead atoms. The van der Waals surface area contributed by atoms with Gasteiger partial charge in [-0.25, -0.2) is 0 Å². The molecule has 0 aliphatic carbocycles. The van der Waals surface area contributed by atoms with Crippen LogP contribution in [0.15, 0.2) is 11.2 Å². The van der Waals surface area contributed by atoms with Crippen LogP contribution >= 0.6 is 11.6 Å². The summed E-state index contributed by atoms with van der Waals surface area (Å²) in [6, 6.07) is 0. The van der Waals surface area contributed by atoms with Crippen molar-refractivity contribution in [2.75, 3.05) is 0 Å². The van der Waals surface area contributed by atoms with Gasteiger partial charge in [0.05, 0.1) is 0 Å². The Bertz CT molecular complexity index is 111. The van der Waals surface area contributed by atoms with Gasteiger partial charge in [0.1, 0.15) is 5.16 Å². The maximum absolute atomic E-state index is 7.88. The van der Waals surface area contributed by atoms with Crippen LogP contribution < -0.4 is 5.32 Å². The largest absolute Gasteiger partial charge is 0.283 e. The third-order valence-corrected chi connectivity index (χ3v) is 0.741. The molecule has 0 aliphatic rings. The Hall–Kier alpha value is -0.680. The molecule has 3 heteroatoms. The van der Waals surface area contributed by atoms with E-state index in [0.29, 0.717) is 5.16 Å². The van der Waals surface area contributed by atoms with Crippen molar-refractivity contribution in [3.8, 4) is 6.19 Å². The lowest BCUT2D eigenvalue weighted by Crippen LogP contribution is -1.96. The van der Waals surface area contributed by atoms with E-state index in [4.69, 9.17) is 16.9 Å². The first-order valence-corrected chi connectivity index (χ1v) is 2.16. The number of hydrogen-bond acceptors (Lipinski definition) is 2. The summed E-state index contributed by atoms with van der Waals surface area (Å²) >= 11 is 5.29.